The Bertz CT molecular complexity index is 866. The van der Waals surface area contributed by atoms with Gasteiger partial charge >= 0.3 is 6.03 Å². The van der Waals surface area contributed by atoms with Gasteiger partial charge in [-0.25, -0.2) is 4.79 Å². The van der Waals surface area contributed by atoms with E-state index in [1.165, 1.54) is 5.56 Å². The molecular weight excluding hydrogens is 422 g/mol. The highest BCUT2D eigenvalue weighted by Gasteiger charge is 2.35. The Morgan fingerprint density at radius 3 is 2.58 bits per heavy atom. The molecule has 3 N–H and O–H groups in total. The van der Waals surface area contributed by atoms with Crippen molar-refractivity contribution in [1.82, 2.24) is 20.0 Å². The van der Waals surface area contributed by atoms with Gasteiger partial charge in [0.05, 0.1) is 0 Å². The second-order valence-corrected chi connectivity index (χ2v) is 8.83. The monoisotopic (exact) mass is 457 g/mol. The predicted molar refractivity (Wildman–Crippen MR) is 124 cm³/mol. The Morgan fingerprint density at radius 2 is 1.91 bits per heavy atom. The van der Waals surface area contributed by atoms with Crippen molar-refractivity contribution in [3.05, 3.63) is 34.9 Å². The number of benzene rings is 1. The SMILES string of the molecule is CCCC(C(=O)NC=O)N1Cc2cc(CCCCCN3CCN(C(N)=O)CC3)ccc2C1=O. The number of piperazine rings is 1. The zero-order chi connectivity index (χ0) is 23.8. The normalized spacial score (nSPS) is 17.1. The summed E-state index contributed by atoms with van der Waals surface area (Å²) in [6, 6.07) is 4.99. The molecule has 0 bridgehead atoms. The topological polar surface area (TPSA) is 116 Å². The van der Waals surface area contributed by atoms with Crippen LogP contribution in [0.2, 0.25) is 0 Å². The molecule has 0 spiro atoms. The van der Waals surface area contributed by atoms with E-state index in [1.54, 1.807) is 9.80 Å². The molecule has 2 heterocycles. The van der Waals surface area contributed by atoms with Gasteiger partial charge in [-0.05, 0) is 49.4 Å². The first kappa shape index (κ1) is 24.7. The van der Waals surface area contributed by atoms with E-state index in [1.807, 2.05) is 19.1 Å². The standard InChI is InChI=1S/C24H35N5O4/c1-2-6-21(22(31)26-17-30)29-16-19-15-18(8-9-20(19)23(29)32)7-4-3-5-10-27-11-13-28(14-12-27)24(25)33/h8-9,15,17,21H,2-7,10-14,16H2,1H3,(H2,25,33)(H,26,30,31). The third-order valence-electron chi connectivity index (χ3n) is 6.57. The number of urea groups is 1. The molecule has 1 aromatic rings. The van der Waals surface area contributed by atoms with Gasteiger partial charge in [0.2, 0.25) is 12.3 Å². The van der Waals surface area contributed by atoms with Crippen molar-refractivity contribution >= 4 is 24.3 Å². The number of fused-ring (bicyclic) bond motifs is 1. The van der Waals surface area contributed by atoms with E-state index in [0.29, 0.717) is 38.0 Å². The average Bonchev–Trinajstić information content (AvgIpc) is 3.13. The van der Waals surface area contributed by atoms with E-state index in [-0.39, 0.29) is 11.9 Å². The zero-order valence-electron chi connectivity index (χ0n) is 19.4. The summed E-state index contributed by atoms with van der Waals surface area (Å²) in [6.45, 7) is 6.54. The number of imide groups is 1. The first-order valence-electron chi connectivity index (χ1n) is 11.9. The van der Waals surface area contributed by atoms with Crippen molar-refractivity contribution in [3.8, 4) is 0 Å². The van der Waals surface area contributed by atoms with Crippen LogP contribution in [0.25, 0.3) is 0 Å². The van der Waals surface area contributed by atoms with Gasteiger partial charge < -0.3 is 15.5 Å². The molecule has 1 saturated heterocycles. The minimum Gasteiger partial charge on any atom is -0.351 e. The Balaban J connectivity index is 1.45. The van der Waals surface area contributed by atoms with Gasteiger partial charge in [-0.2, -0.15) is 0 Å². The summed E-state index contributed by atoms with van der Waals surface area (Å²) < 4.78 is 0. The van der Waals surface area contributed by atoms with Crippen molar-refractivity contribution in [2.75, 3.05) is 32.7 Å². The van der Waals surface area contributed by atoms with E-state index in [2.05, 4.69) is 16.3 Å². The van der Waals surface area contributed by atoms with E-state index < -0.39 is 11.9 Å². The highest BCUT2D eigenvalue weighted by Crippen LogP contribution is 2.27. The zero-order valence-corrected chi connectivity index (χ0v) is 19.4. The first-order chi connectivity index (χ1) is 15.9. The summed E-state index contributed by atoms with van der Waals surface area (Å²) in [6.07, 6.45) is 5.87. The molecule has 0 aliphatic carbocycles. The molecule has 2 aliphatic heterocycles. The van der Waals surface area contributed by atoms with Crippen LogP contribution in [0, 0.1) is 0 Å². The summed E-state index contributed by atoms with van der Waals surface area (Å²) in [5.41, 5.74) is 8.12. The third-order valence-corrected chi connectivity index (χ3v) is 6.57. The van der Waals surface area contributed by atoms with Crippen LogP contribution in [0.1, 0.15) is 60.5 Å². The van der Waals surface area contributed by atoms with Crippen molar-refractivity contribution in [2.24, 2.45) is 5.73 Å². The number of hydrogen-bond acceptors (Lipinski definition) is 5. The summed E-state index contributed by atoms with van der Waals surface area (Å²) in [4.78, 5) is 52.7. The second kappa shape index (κ2) is 11.8. The lowest BCUT2D eigenvalue weighted by atomic mass is 10.0. The lowest BCUT2D eigenvalue weighted by molar-refractivity contribution is -0.129. The van der Waals surface area contributed by atoms with Gasteiger partial charge in [0, 0.05) is 38.3 Å². The molecular formula is C24H35N5O4. The number of aryl methyl sites for hydroxylation is 1. The Labute approximate surface area is 195 Å². The number of rotatable bonds is 11. The number of hydrogen-bond donors (Lipinski definition) is 2. The van der Waals surface area contributed by atoms with Crippen LogP contribution < -0.4 is 11.1 Å². The summed E-state index contributed by atoms with van der Waals surface area (Å²) >= 11 is 0. The molecule has 3 rings (SSSR count). The minimum atomic E-state index is -0.631. The molecule has 1 atom stereocenters. The molecule has 1 fully saturated rings. The number of primary amides is 1. The molecule has 1 aromatic carbocycles. The second-order valence-electron chi connectivity index (χ2n) is 8.83. The molecule has 0 radical (unpaired) electrons. The predicted octanol–water partition coefficient (Wildman–Crippen LogP) is 1.49. The minimum absolute atomic E-state index is 0.146. The van der Waals surface area contributed by atoms with Gasteiger partial charge in [0.25, 0.3) is 5.91 Å². The Morgan fingerprint density at radius 1 is 1.15 bits per heavy atom. The molecule has 9 nitrogen and oxygen atoms in total. The van der Waals surface area contributed by atoms with E-state index >= 15 is 0 Å². The first-order valence-corrected chi connectivity index (χ1v) is 11.9. The smallest absolute Gasteiger partial charge is 0.314 e. The Hall–Kier alpha value is -2.94. The van der Waals surface area contributed by atoms with Gasteiger partial charge in [0.15, 0.2) is 0 Å². The fourth-order valence-corrected chi connectivity index (χ4v) is 4.69. The number of carbonyl (C=O) groups is 4. The number of unbranched alkanes of at least 4 members (excludes halogenated alkanes) is 2. The van der Waals surface area contributed by atoms with E-state index in [4.69, 9.17) is 5.73 Å². The van der Waals surface area contributed by atoms with Gasteiger partial charge in [0.1, 0.15) is 6.04 Å². The van der Waals surface area contributed by atoms with Crippen molar-refractivity contribution in [1.29, 1.82) is 0 Å². The van der Waals surface area contributed by atoms with E-state index in [9.17, 15) is 19.2 Å². The molecule has 0 saturated carbocycles. The fourth-order valence-electron chi connectivity index (χ4n) is 4.69. The van der Waals surface area contributed by atoms with Crippen molar-refractivity contribution in [2.45, 2.75) is 58.0 Å². The molecule has 2 aliphatic rings. The third kappa shape index (κ3) is 6.31. The molecule has 33 heavy (non-hydrogen) atoms. The summed E-state index contributed by atoms with van der Waals surface area (Å²) in [5, 5.41) is 2.20. The summed E-state index contributed by atoms with van der Waals surface area (Å²) in [7, 11) is 0. The maximum atomic E-state index is 12.9. The number of nitrogens with one attached hydrogen (secondary N) is 1. The Kier molecular flexibility index (Phi) is 8.82. The van der Waals surface area contributed by atoms with Crippen LogP contribution in [0.15, 0.2) is 18.2 Å². The highest BCUT2D eigenvalue weighted by molar-refractivity contribution is 6.02. The molecule has 5 amide bonds. The maximum absolute atomic E-state index is 12.9. The lowest BCUT2D eigenvalue weighted by Gasteiger charge is -2.33. The van der Waals surface area contributed by atoms with Gasteiger partial charge in [-0.1, -0.05) is 31.9 Å². The highest BCUT2D eigenvalue weighted by atomic mass is 16.2. The van der Waals surface area contributed by atoms with Gasteiger partial charge in [-0.15, -0.1) is 0 Å². The molecule has 0 aromatic heterocycles. The number of amides is 5. The fraction of sp³-hybridized carbons (Fsp3) is 0.583. The number of nitrogens with zero attached hydrogens (tertiary/aromatic N) is 3. The van der Waals surface area contributed by atoms with Crippen LogP contribution >= 0.6 is 0 Å². The van der Waals surface area contributed by atoms with Crippen LogP contribution in [-0.4, -0.2) is 77.7 Å². The summed E-state index contributed by atoms with van der Waals surface area (Å²) in [5.74, 6) is -0.572. The van der Waals surface area contributed by atoms with E-state index in [0.717, 1.165) is 57.3 Å². The number of nitrogens with two attached hydrogens (primary N) is 1. The maximum Gasteiger partial charge on any atom is 0.314 e. The van der Waals surface area contributed by atoms with Gasteiger partial charge in [-0.3, -0.25) is 24.6 Å². The lowest BCUT2D eigenvalue weighted by Crippen LogP contribution is -2.50. The van der Waals surface area contributed by atoms with Crippen molar-refractivity contribution in [3.63, 3.8) is 0 Å². The van der Waals surface area contributed by atoms with Crippen LogP contribution in [0.4, 0.5) is 4.79 Å². The molecule has 180 valence electrons. The quantitative estimate of drug-likeness (QED) is 0.386. The molecule has 9 heteroatoms. The van der Waals surface area contributed by atoms with Crippen LogP contribution in [0.3, 0.4) is 0 Å². The number of carbonyl (C=O) groups excluding carboxylic acids is 4. The van der Waals surface area contributed by atoms with Crippen molar-refractivity contribution < 1.29 is 19.2 Å². The molecule has 1 unspecified atom stereocenters. The average molecular weight is 458 g/mol. The largest absolute Gasteiger partial charge is 0.351 e. The van der Waals surface area contributed by atoms with Crippen LogP contribution in [-0.2, 0) is 22.6 Å². The van der Waals surface area contributed by atoms with Crippen LogP contribution in [0.5, 0.6) is 0 Å².